The zero-order chi connectivity index (χ0) is 18.4. The van der Waals surface area contributed by atoms with Crippen LogP contribution in [0.15, 0.2) is 35.8 Å². The molecule has 2 aromatic rings. The summed E-state index contributed by atoms with van der Waals surface area (Å²) in [5, 5.41) is 7.97. The van der Waals surface area contributed by atoms with E-state index in [2.05, 4.69) is 34.4 Å². The van der Waals surface area contributed by atoms with E-state index in [9.17, 15) is 4.79 Å². The Bertz CT molecular complexity index is 690. The quantitative estimate of drug-likeness (QED) is 0.814. The molecule has 0 radical (unpaired) electrons. The maximum absolute atomic E-state index is 12.2. The summed E-state index contributed by atoms with van der Waals surface area (Å²) in [5.41, 5.74) is 0.981. The maximum atomic E-state index is 12.2. The van der Waals surface area contributed by atoms with Crippen LogP contribution in [0.3, 0.4) is 0 Å². The van der Waals surface area contributed by atoms with Gasteiger partial charge in [-0.05, 0) is 36.4 Å². The molecule has 1 aliphatic rings. The molecule has 0 aromatic carbocycles. The van der Waals surface area contributed by atoms with Gasteiger partial charge in [-0.15, -0.1) is 11.3 Å². The van der Waals surface area contributed by atoms with Crippen LogP contribution in [0.2, 0.25) is 0 Å². The van der Waals surface area contributed by atoms with E-state index in [1.54, 1.807) is 11.3 Å². The van der Waals surface area contributed by atoms with Crippen LogP contribution in [-0.4, -0.2) is 36.8 Å². The van der Waals surface area contributed by atoms with Crippen LogP contribution in [-0.2, 0) is 11.3 Å². The Morgan fingerprint density at radius 1 is 1.46 bits per heavy atom. The summed E-state index contributed by atoms with van der Waals surface area (Å²) >= 11 is 1.66. The lowest BCUT2D eigenvalue weighted by Gasteiger charge is -2.32. The highest BCUT2D eigenvalue weighted by atomic mass is 32.1. The zero-order valence-corrected chi connectivity index (χ0v) is 16.1. The highest BCUT2D eigenvalue weighted by molar-refractivity contribution is 7.10. The molecule has 3 rings (SSSR count). The fourth-order valence-electron chi connectivity index (χ4n) is 2.99. The molecular weight excluding hydrogens is 348 g/mol. The SMILES string of the molecule is CCC(NC(=O)NCc1ccc(N2CCOC(C)C2)nc1)c1cccs1. The van der Waals surface area contributed by atoms with Crippen LogP contribution in [0.25, 0.3) is 0 Å². The number of thiophene rings is 1. The molecule has 7 heteroatoms. The van der Waals surface area contributed by atoms with Gasteiger partial charge in [-0.2, -0.15) is 0 Å². The first-order valence-corrected chi connectivity index (χ1v) is 9.93. The second-order valence-electron chi connectivity index (χ2n) is 6.46. The number of anilines is 1. The Labute approximate surface area is 158 Å². The van der Waals surface area contributed by atoms with E-state index in [0.29, 0.717) is 6.54 Å². The van der Waals surface area contributed by atoms with E-state index in [0.717, 1.165) is 37.5 Å². The van der Waals surface area contributed by atoms with Gasteiger partial charge in [-0.1, -0.05) is 19.1 Å². The minimum Gasteiger partial charge on any atom is -0.375 e. The molecule has 2 atom stereocenters. The van der Waals surface area contributed by atoms with Crippen molar-refractivity contribution in [2.45, 2.75) is 39.0 Å². The number of urea groups is 1. The van der Waals surface area contributed by atoms with Crippen molar-refractivity contribution in [3.8, 4) is 0 Å². The molecule has 0 spiro atoms. The Balaban J connectivity index is 1.49. The summed E-state index contributed by atoms with van der Waals surface area (Å²) in [6.07, 6.45) is 2.92. The van der Waals surface area contributed by atoms with Crippen LogP contribution in [0, 0.1) is 0 Å². The Hall–Kier alpha value is -2.12. The van der Waals surface area contributed by atoms with Gasteiger partial charge in [-0.3, -0.25) is 0 Å². The number of amides is 2. The summed E-state index contributed by atoms with van der Waals surface area (Å²) < 4.78 is 5.56. The maximum Gasteiger partial charge on any atom is 0.315 e. The summed E-state index contributed by atoms with van der Waals surface area (Å²) in [5.74, 6) is 0.956. The summed E-state index contributed by atoms with van der Waals surface area (Å²) in [7, 11) is 0. The normalized spacial score (nSPS) is 18.4. The summed E-state index contributed by atoms with van der Waals surface area (Å²) in [6, 6.07) is 7.97. The molecule has 140 valence electrons. The fourth-order valence-corrected chi connectivity index (χ4v) is 3.85. The standard InChI is InChI=1S/C19H26N4O2S/c1-3-16(17-5-4-10-26-17)22-19(24)21-12-15-6-7-18(20-11-15)23-8-9-25-14(2)13-23/h4-7,10-11,14,16H,3,8-9,12-13H2,1-2H3,(H2,21,22,24). The van der Waals surface area contributed by atoms with E-state index < -0.39 is 0 Å². The van der Waals surface area contributed by atoms with E-state index in [4.69, 9.17) is 4.74 Å². The van der Waals surface area contributed by atoms with Gasteiger partial charge in [0.1, 0.15) is 5.82 Å². The highest BCUT2D eigenvalue weighted by Crippen LogP contribution is 2.21. The molecule has 2 aromatic heterocycles. The smallest absolute Gasteiger partial charge is 0.315 e. The number of rotatable bonds is 6. The zero-order valence-electron chi connectivity index (χ0n) is 15.3. The van der Waals surface area contributed by atoms with Crippen molar-refractivity contribution in [1.29, 1.82) is 0 Å². The van der Waals surface area contributed by atoms with Crippen LogP contribution in [0.1, 0.15) is 36.8 Å². The number of morpholine rings is 1. The number of hydrogen-bond acceptors (Lipinski definition) is 5. The monoisotopic (exact) mass is 374 g/mol. The van der Waals surface area contributed by atoms with Crippen molar-refractivity contribution in [1.82, 2.24) is 15.6 Å². The largest absolute Gasteiger partial charge is 0.375 e. The Morgan fingerprint density at radius 2 is 2.35 bits per heavy atom. The number of pyridine rings is 1. The van der Waals surface area contributed by atoms with Crippen LogP contribution in [0.5, 0.6) is 0 Å². The van der Waals surface area contributed by atoms with Crippen molar-refractivity contribution in [3.63, 3.8) is 0 Å². The van der Waals surface area contributed by atoms with E-state index in [-0.39, 0.29) is 18.2 Å². The lowest BCUT2D eigenvalue weighted by Crippen LogP contribution is -2.41. The van der Waals surface area contributed by atoms with Gasteiger partial charge in [0.15, 0.2) is 0 Å². The molecule has 0 saturated carbocycles. The van der Waals surface area contributed by atoms with Gasteiger partial charge in [0.05, 0.1) is 18.8 Å². The number of carbonyl (C=O) groups is 1. The lowest BCUT2D eigenvalue weighted by molar-refractivity contribution is 0.0529. The van der Waals surface area contributed by atoms with Gasteiger partial charge >= 0.3 is 6.03 Å². The third-order valence-corrected chi connectivity index (χ3v) is 5.41. The molecule has 0 bridgehead atoms. The minimum absolute atomic E-state index is 0.0545. The average molecular weight is 375 g/mol. The molecule has 1 fully saturated rings. The van der Waals surface area contributed by atoms with Crippen LogP contribution in [0.4, 0.5) is 10.6 Å². The van der Waals surface area contributed by atoms with Crippen LogP contribution < -0.4 is 15.5 Å². The number of nitrogens with zero attached hydrogens (tertiary/aromatic N) is 2. The third-order valence-electron chi connectivity index (χ3n) is 4.43. The van der Waals surface area contributed by atoms with Gasteiger partial charge in [0, 0.05) is 30.7 Å². The molecule has 1 aliphatic heterocycles. The first kappa shape index (κ1) is 18.7. The number of hydrogen-bond donors (Lipinski definition) is 2. The molecule has 1 saturated heterocycles. The lowest BCUT2D eigenvalue weighted by atomic mass is 10.2. The van der Waals surface area contributed by atoms with Crippen molar-refractivity contribution < 1.29 is 9.53 Å². The second-order valence-corrected chi connectivity index (χ2v) is 7.43. The number of ether oxygens (including phenoxy) is 1. The topological polar surface area (TPSA) is 66.5 Å². The van der Waals surface area contributed by atoms with Crippen LogP contribution >= 0.6 is 11.3 Å². The predicted molar refractivity (Wildman–Crippen MR) is 105 cm³/mol. The van der Waals surface area contributed by atoms with Gasteiger partial charge < -0.3 is 20.3 Å². The molecule has 3 heterocycles. The van der Waals surface area contributed by atoms with Gasteiger partial charge in [0.25, 0.3) is 0 Å². The molecule has 26 heavy (non-hydrogen) atoms. The highest BCUT2D eigenvalue weighted by Gasteiger charge is 2.18. The first-order valence-electron chi connectivity index (χ1n) is 9.05. The number of aromatic nitrogens is 1. The minimum atomic E-state index is -0.156. The summed E-state index contributed by atoms with van der Waals surface area (Å²) in [4.78, 5) is 20.1. The Kier molecular flexibility index (Phi) is 6.46. The third kappa shape index (κ3) is 4.95. The Morgan fingerprint density at radius 3 is 3.00 bits per heavy atom. The van der Waals surface area contributed by atoms with E-state index >= 15 is 0 Å². The molecule has 2 amide bonds. The average Bonchev–Trinajstić information content (AvgIpc) is 3.19. The van der Waals surface area contributed by atoms with Crippen molar-refractivity contribution >= 4 is 23.2 Å². The van der Waals surface area contributed by atoms with Gasteiger partial charge in [0.2, 0.25) is 0 Å². The van der Waals surface area contributed by atoms with Gasteiger partial charge in [-0.25, -0.2) is 9.78 Å². The summed E-state index contributed by atoms with van der Waals surface area (Å²) in [6.45, 7) is 7.05. The number of carbonyl (C=O) groups excluding carboxylic acids is 1. The van der Waals surface area contributed by atoms with Crippen molar-refractivity contribution in [3.05, 3.63) is 46.3 Å². The molecular formula is C19H26N4O2S. The van der Waals surface area contributed by atoms with E-state index in [1.165, 1.54) is 4.88 Å². The van der Waals surface area contributed by atoms with Crippen molar-refractivity contribution in [2.24, 2.45) is 0 Å². The fraction of sp³-hybridized carbons (Fsp3) is 0.474. The predicted octanol–water partition coefficient (Wildman–Crippen LogP) is 3.32. The molecule has 2 unspecified atom stereocenters. The van der Waals surface area contributed by atoms with E-state index in [1.807, 2.05) is 35.8 Å². The molecule has 0 aliphatic carbocycles. The first-order chi connectivity index (χ1) is 12.7. The molecule has 6 nitrogen and oxygen atoms in total. The molecule has 2 N–H and O–H groups in total. The van der Waals surface area contributed by atoms with Crippen molar-refractivity contribution in [2.75, 3.05) is 24.6 Å². The second kappa shape index (κ2) is 9.00. The number of nitrogens with one attached hydrogen (secondary N) is 2.